The summed E-state index contributed by atoms with van der Waals surface area (Å²) in [5, 5.41) is 7.35. The van der Waals surface area contributed by atoms with E-state index in [1.807, 2.05) is 49.4 Å². The molecule has 0 saturated carbocycles. The van der Waals surface area contributed by atoms with Gasteiger partial charge in [0, 0.05) is 6.54 Å². The zero-order valence-corrected chi connectivity index (χ0v) is 20.8. The van der Waals surface area contributed by atoms with Gasteiger partial charge in [-0.15, -0.1) is 0 Å². The van der Waals surface area contributed by atoms with E-state index in [1.165, 1.54) is 8.99 Å². The highest BCUT2D eigenvalue weighted by atomic mass is 32.2. The lowest BCUT2D eigenvalue weighted by Gasteiger charge is -2.21. The molecule has 5 rings (SSSR count). The van der Waals surface area contributed by atoms with Gasteiger partial charge in [0.1, 0.15) is 24.7 Å². The summed E-state index contributed by atoms with van der Waals surface area (Å²) < 4.78 is 41.2. The molecule has 1 atom stereocenters. The topological polar surface area (TPSA) is 103 Å². The minimum atomic E-state index is -3.81. The Morgan fingerprint density at radius 2 is 1.86 bits per heavy atom. The predicted molar refractivity (Wildman–Crippen MR) is 130 cm³/mol. The summed E-state index contributed by atoms with van der Waals surface area (Å²) in [5.74, 6) is 1.08. The number of aromatic nitrogens is 2. The van der Waals surface area contributed by atoms with Gasteiger partial charge in [-0.2, -0.15) is 5.10 Å². The number of carbonyl (C=O) groups excluding carboxylic acids is 1. The second-order valence-electron chi connectivity index (χ2n) is 8.81. The van der Waals surface area contributed by atoms with Crippen LogP contribution < -0.4 is 19.1 Å². The third-order valence-corrected chi connectivity index (χ3v) is 8.51. The number of anilines is 1. The van der Waals surface area contributed by atoms with Crippen LogP contribution in [0.5, 0.6) is 11.5 Å². The zero-order valence-electron chi connectivity index (χ0n) is 19.9. The fraction of sp³-hybridized carbons (Fsp3) is 0.360. The molecular formula is C25H28N4O5S. The molecule has 0 bridgehead atoms. The number of ether oxygens (including phenoxy) is 2. The fourth-order valence-electron chi connectivity index (χ4n) is 4.71. The monoisotopic (exact) mass is 496 g/mol. The normalized spacial score (nSPS) is 15.6. The van der Waals surface area contributed by atoms with E-state index in [4.69, 9.17) is 9.47 Å². The molecule has 2 aromatic carbocycles. The molecule has 35 heavy (non-hydrogen) atoms. The lowest BCUT2D eigenvalue weighted by molar-refractivity contribution is -0.122. The van der Waals surface area contributed by atoms with E-state index >= 15 is 0 Å². The van der Waals surface area contributed by atoms with E-state index in [2.05, 4.69) is 10.4 Å². The van der Waals surface area contributed by atoms with Crippen molar-refractivity contribution in [2.45, 2.75) is 44.7 Å². The van der Waals surface area contributed by atoms with Crippen LogP contribution in [-0.4, -0.2) is 43.9 Å². The first-order valence-electron chi connectivity index (χ1n) is 11.6. The summed E-state index contributed by atoms with van der Waals surface area (Å²) in [5.41, 5.74) is 3.40. The van der Waals surface area contributed by atoms with E-state index < -0.39 is 10.0 Å². The smallest absolute Gasteiger partial charge is 0.268 e. The summed E-state index contributed by atoms with van der Waals surface area (Å²) in [6.07, 6.45) is 0.668. The molecule has 10 heteroatoms. The number of sulfonamides is 1. The third kappa shape index (κ3) is 4.22. The quantitative estimate of drug-likeness (QED) is 0.563. The molecule has 0 radical (unpaired) electrons. The van der Waals surface area contributed by atoms with Crippen LogP contribution in [0, 0.1) is 13.8 Å². The summed E-state index contributed by atoms with van der Waals surface area (Å²) >= 11 is 0. The second kappa shape index (κ2) is 8.92. The molecule has 0 saturated heterocycles. The molecule has 0 aliphatic carbocycles. The molecule has 3 heterocycles. The predicted octanol–water partition coefficient (Wildman–Crippen LogP) is 2.90. The average Bonchev–Trinajstić information content (AvgIpc) is 3.39. The summed E-state index contributed by atoms with van der Waals surface area (Å²) in [4.78, 5) is 13.0. The van der Waals surface area contributed by atoms with Gasteiger partial charge in [-0.3, -0.25) is 13.8 Å². The molecule has 1 N–H and O–H groups in total. The number of amides is 1. The fourth-order valence-corrected chi connectivity index (χ4v) is 6.59. The molecule has 1 aromatic heterocycles. The van der Waals surface area contributed by atoms with E-state index in [-0.39, 0.29) is 23.4 Å². The molecule has 2 aliphatic heterocycles. The van der Waals surface area contributed by atoms with Gasteiger partial charge in [0.25, 0.3) is 10.0 Å². The van der Waals surface area contributed by atoms with Crippen molar-refractivity contribution in [3.05, 3.63) is 65.0 Å². The second-order valence-corrected chi connectivity index (χ2v) is 10.6. The Morgan fingerprint density at radius 3 is 2.66 bits per heavy atom. The Labute approximate surface area is 204 Å². The number of hydrogen-bond donors (Lipinski definition) is 1. The van der Waals surface area contributed by atoms with Crippen molar-refractivity contribution in [2.75, 3.05) is 24.1 Å². The molecule has 1 amide bonds. The van der Waals surface area contributed by atoms with Crippen LogP contribution in [0.1, 0.15) is 35.5 Å². The van der Waals surface area contributed by atoms with Gasteiger partial charge >= 0.3 is 0 Å². The third-order valence-electron chi connectivity index (χ3n) is 6.44. The van der Waals surface area contributed by atoms with E-state index in [9.17, 15) is 13.2 Å². The van der Waals surface area contributed by atoms with E-state index in [0.29, 0.717) is 54.8 Å². The number of hydrogen-bond acceptors (Lipinski definition) is 6. The summed E-state index contributed by atoms with van der Waals surface area (Å²) in [6.45, 7) is 6.53. The molecule has 184 valence electrons. The SMILES string of the molecule is Cc1nn(CC(=O)N[C@@H](C)c2ccc3c(c2)OCCO3)c(C)c1S(=O)(=O)N1CCc2ccccc21. The lowest BCUT2D eigenvalue weighted by atomic mass is 10.1. The van der Waals surface area contributed by atoms with Crippen LogP contribution >= 0.6 is 0 Å². The highest BCUT2D eigenvalue weighted by Crippen LogP contribution is 2.35. The lowest BCUT2D eigenvalue weighted by Crippen LogP contribution is -2.31. The molecule has 0 unspecified atom stereocenters. The minimum Gasteiger partial charge on any atom is -0.486 e. The van der Waals surface area contributed by atoms with Gasteiger partial charge in [-0.25, -0.2) is 8.42 Å². The summed E-state index contributed by atoms with van der Waals surface area (Å²) in [6, 6.07) is 12.8. The first kappa shape index (κ1) is 23.2. The Morgan fingerprint density at radius 1 is 1.11 bits per heavy atom. The maximum absolute atomic E-state index is 13.6. The number of fused-ring (bicyclic) bond motifs is 2. The highest BCUT2D eigenvalue weighted by molar-refractivity contribution is 7.93. The number of rotatable bonds is 6. The van der Waals surface area contributed by atoms with Gasteiger partial charge in [0.15, 0.2) is 11.5 Å². The van der Waals surface area contributed by atoms with Crippen LogP contribution in [0.25, 0.3) is 0 Å². The molecule has 0 fully saturated rings. The van der Waals surface area contributed by atoms with Crippen LogP contribution in [0.15, 0.2) is 47.4 Å². The summed E-state index contributed by atoms with van der Waals surface area (Å²) in [7, 11) is -3.81. The van der Waals surface area contributed by atoms with Crippen molar-refractivity contribution >= 4 is 21.6 Å². The Kier molecular flexibility index (Phi) is 5.92. The first-order chi connectivity index (χ1) is 16.8. The number of carbonyl (C=O) groups is 1. The van der Waals surface area contributed by atoms with Crippen molar-refractivity contribution in [1.29, 1.82) is 0 Å². The largest absolute Gasteiger partial charge is 0.486 e. The van der Waals surface area contributed by atoms with Crippen molar-refractivity contribution in [3.63, 3.8) is 0 Å². The molecule has 0 spiro atoms. The van der Waals surface area contributed by atoms with Crippen LogP contribution in [-0.2, 0) is 27.8 Å². The van der Waals surface area contributed by atoms with Gasteiger partial charge in [-0.1, -0.05) is 24.3 Å². The number of nitrogens with one attached hydrogen (secondary N) is 1. The minimum absolute atomic E-state index is 0.0896. The number of aryl methyl sites for hydroxylation is 1. The Hall–Kier alpha value is -3.53. The first-order valence-corrected chi connectivity index (χ1v) is 13.0. The van der Waals surface area contributed by atoms with Crippen molar-refractivity contribution in [3.8, 4) is 11.5 Å². The highest BCUT2D eigenvalue weighted by Gasteiger charge is 2.35. The number of benzene rings is 2. The number of para-hydroxylation sites is 1. The average molecular weight is 497 g/mol. The van der Waals surface area contributed by atoms with Crippen LogP contribution in [0.2, 0.25) is 0 Å². The van der Waals surface area contributed by atoms with Gasteiger partial charge in [0.05, 0.1) is 23.1 Å². The molecule has 3 aromatic rings. The van der Waals surface area contributed by atoms with Crippen molar-refractivity contribution in [1.82, 2.24) is 15.1 Å². The molecule has 9 nitrogen and oxygen atoms in total. The van der Waals surface area contributed by atoms with Gasteiger partial charge < -0.3 is 14.8 Å². The molecule has 2 aliphatic rings. The Bertz CT molecular complexity index is 1400. The Balaban J connectivity index is 1.33. The molecular weight excluding hydrogens is 468 g/mol. The van der Waals surface area contributed by atoms with Crippen molar-refractivity contribution < 1.29 is 22.7 Å². The van der Waals surface area contributed by atoms with E-state index in [1.54, 1.807) is 13.8 Å². The van der Waals surface area contributed by atoms with Gasteiger partial charge in [-0.05, 0) is 56.5 Å². The maximum atomic E-state index is 13.6. The standard InChI is InChI=1S/C25H28N4O5S/c1-16(20-8-9-22-23(14-20)34-13-12-33-22)26-24(30)15-28-18(3)25(17(2)27-28)35(31,32)29-11-10-19-6-4-5-7-21(19)29/h4-9,14,16H,10-13,15H2,1-3H3,(H,26,30)/t16-/m0/s1. The zero-order chi connectivity index (χ0) is 24.7. The maximum Gasteiger partial charge on any atom is 0.268 e. The van der Waals surface area contributed by atoms with Crippen LogP contribution in [0.3, 0.4) is 0 Å². The number of nitrogens with zero attached hydrogens (tertiary/aromatic N) is 3. The van der Waals surface area contributed by atoms with E-state index in [0.717, 1.165) is 11.1 Å². The van der Waals surface area contributed by atoms with Gasteiger partial charge in [0.2, 0.25) is 5.91 Å². The van der Waals surface area contributed by atoms with Crippen molar-refractivity contribution in [2.24, 2.45) is 0 Å². The van der Waals surface area contributed by atoms with Crippen LogP contribution in [0.4, 0.5) is 5.69 Å².